The fourth-order valence-corrected chi connectivity index (χ4v) is 2.17. The number of hydrogen-bond donors (Lipinski definition) is 1. The highest BCUT2D eigenvalue weighted by Gasteiger charge is 2.15. The first kappa shape index (κ1) is 13.3. The summed E-state index contributed by atoms with van der Waals surface area (Å²) in [4.78, 5) is 10.7. The Morgan fingerprint density at radius 2 is 1.89 bits per heavy atom. The van der Waals surface area contributed by atoms with E-state index in [0.717, 1.165) is 22.5 Å². The van der Waals surface area contributed by atoms with Crippen LogP contribution in [0.15, 0.2) is 24.3 Å². The highest BCUT2D eigenvalue weighted by molar-refractivity contribution is 5.71. The molecule has 0 fully saturated rings. The number of aromatic nitrogens is 2. The molecule has 0 saturated heterocycles. The van der Waals surface area contributed by atoms with Gasteiger partial charge in [0, 0.05) is 24.7 Å². The molecule has 4 nitrogen and oxygen atoms in total. The van der Waals surface area contributed by atoms with Gasteiger partial charge in [-0.05, 0) is 19.4 Å². The van der Waals surface area contributed by atoms with Crippen LogP contribution in [0.5, 0.6) is 0 Å². The second-order valence-corrected chi connectivity index (χ2v) is 4.79. The number of rotatable bonds is 4. The SMILES string of the molecule is Cc1ccc(-c2c(CCC(=O)O)nn(C)c2C)cc1. The van der Waals surface area contributed by atoms with Crippen molar-refractivity contribution in [3.63, 3.8) is 0 Å². The fourth-order valence-electron chi connectivity index (χ4n) is 2.17. The van der Waals surface area contributed by atoms with Crippen molar-refractivity contribution in [1.82, 2.24) is 9.78 Å². The van der Waals surface area contributed by atoms with Crippen molar-refractivity contribution in [3.8, 4) is 11.1 Å². The van der Waals surface area contributed by atoms with E-state index >= 15 is 0 Å². The summed E-state index contributed by atoms with van der Waals surface area (Å²) in [5, 5.41) is 13.2. The monoisotopic (exact) mass is 258 g/mol. The molecule has 0 amide bonds. The summed E-state index contributed by atoms with van der Waals surface area (Å²) in [6.07, 6.45) is 0.565. The Bertz CT molecular complexity index is 597. The molecule has 0 spiro atoms. The maximum absolute atomic E-state index is 10.7. The van der Waals surface area contributed by atoms with Gasteiger partial charge in [-0.2, -0.15) is 5.10 Å². The second kappa shape index (κ2) is 5.26. The maximum atomic E-state index is 10.7. The van der Waals surface area contributed by atoms with Gasteiger partial charge in [-0.1, -0.05) is 29.8 Å². The zero-order valence-corrected chi connectivity index (χ0v) is 11.5. The lowest BCUT2D eigenvalue weighted by molar-refractivity contribution is -0.136. The maximum Gasteiger partial charge on any atom is 0.303 e. The van der Waals surface area contributed by atoms with Crippen LogP contribution in [0.4, 0.5) is 0 Å². The molecule has 100 valence electrons. The van der Waals surface area contributed by atoms with E-state index in [2.05, 4.69) is 29.4 Å². The number of nitrogens with zero attached hydrogens (tertiary/aromatic N) is 2. The normalized spacial score (nSPS) is 10.7. The minimum Gasteiger partial charge on any atom is -0.481 e. The van der Waals surface area contributed by atoms with Crippen molar-refractivity contribution in [2.75, 3.05) is 0 Å². The van der Waals surface area contributed by atoms with Crippen molar-refractivity contribution >= 4 is 5.97 Å². The molecule has 0 aliphatic heterocycles. The lowest BCUT2D eigenvalue weighted by Gasteiger charge is -2.04. The van der Waals surface area contributed by atoms with Crippen LogP contribution >= 0.6 is 0 Å². The molecule has 19 heavy (non-hydrogen) atoms. The third kappa shape index (κ3) is 2.84. The van der Waals surface area contributed by atoms with Crippen LogP contribution in [0.3, 0.4) is 0 Å². The van der Waals surface area contributed by atoms with E-state index in [1.165, 1.54) is 5.56 Å². The Balaban J connectivity index is 2.42. The summed E-state index contributed by atoms with van der Waals surface area (Å²) in [5.41, 5.74) is 5.27. The number of carboxylic acids is 1. The molecule has 1 N–H and O–H groups in total. The van der Waals surface area contributed by atoms with Crippen molar-refractivity contribution in [1.29, 1.82) is 0 Å². The first-order valence-electron chi connectivity index (χ1n) is 6.30. The van der Waals surface area contributed by atoms with Crippen molar-refractivity contribution in [3.05, 3.63) is 41.2 Å². The van der Waals surface area contributed by atoms with E-state index in [-0.39, 0.29) is 6.42 Å². The number of aliphatic carboxylic acids is 1. The van der Waals surface area contributed by atoms with E-state index in [4.69, 9.17) is 5.11 Å². The van der Waals surface area contributed by atoms with Gasteiger partial charge in [0.25, 0.3) is 0 Å². The van der Waals surface area contributed by atoms with Gasteiger partial charge in [0.15, 0.2) is 0 Å². The molecule has 2 rings (SSSR count). The van der Waals surface area contributed by atoms with Crippen LogP contribution in [-0.4, -0.2) is 20.9 Å². The van der Waals surface area contributed by atoms with Crippen molar-refractivity contribution < 1.29 is 9.90 Å². The Morgan fingerprint density at radius 1 is 1.26 bits per heavy atom. The Hall–Kier alpha value is -2.10. The molecule has 0 atom stereocenters. The molecule has 0 aliphatic rings. The molecular formula is C15H18N2O2. The lowest BCUT2D eigenvalue weighted by atomic mass is 10.00. The van der Waals surface area contributed by atoms with Gasteiger partial charge in [0.05, 0.1) is 12.1 Å². The Kier molecular flexibility index (Phi) is 3.69. The van der Waals surface area contributed by atoms with Crippen LogP contribution < -0.4 is 0 Å². The summed E-state index contributed by atoms with van der Waals surface area (Å²) in [7, 11) is 1.89. The van der Waals surface area contributed by atoms with Gasteiger partial charge in [0.1, 0.15) is 0 Å². The lowest BCUT2D eigenvalue weighted by Crippen LogP contribution is -1.99. The van der Waals surface area contributed by atoms with E-state index in [1.54, 1.807) is 0 Å². The van der Waals surface area contributed by atoms with Crippen LogP contribution in [0.25, 0.3) is 11.1 Å². The van der Waals surface area contributed by atoms with Crippen LogP contribution in [0.1, 0.15) is 23.4 Å². The average Bonchev–Trinajstić information content (AvgIpc) is 2.64. The van der Waals surface area contributed by atoms with Gasteiger partial charge < -0.3 is 5.11 Å². The van der Waals surface area contributed by atoms with Gasteiger partial charge in [-0.25, -0.2) is 0 Å². The smallest absolute Gasteiger partial charge is 0.303 e. The third-order valence-electron chi connectivity index (χ3n) is 3.32. The molecule has 0 bridgehead atoms. The van der Waals surface area contributed by atoms with E-state index in [0.29, 0.717) is 6.42 Å². The molecular weight excluding hydrogens is 240 g/mol. The summed E-state index contributed by atoms with van der Waals surface area (Å²) >= 11 is 0. The molecule has 0 saturated carbocycles. The Morgan fingerprint density at radius 3 is 2.47 bits per heavy atom. The van der Waals surface area contributed by atoms with Gasteiger partial charge in [-0.15, -0.1) is 0 Å². The number of carboxylic acid groups (broad SMARTS) is 1. The molecule has 0 unspecified atom stereocenters. The summed E-state index contributed by atoms with van der Waals surface area (Å²) < 4.78 is 1.81. The van der Waals surface area contributed by atoms with Crippen LogP contribution in [0, 0.1) is 13.8 Å². The molecule has 0 radical (unpaired) electrons. The minimum absolute atomic E-state index is 0.106. The standard InChI is InChI=1S/C15H18N2O2/c1-10-4-6-12(7-5-10)15-11(2)17(3)16-13(15)8-9-14(18)19/h4-7H,8-9H2,1-3H3,(H,18,19). The first-order valence-corrected chi connectivity index (χ1v) is 6.30. The number of benzene rings is 1. The van der Waals surface area contributed by atoms with Crippen LogP contribution in [-0.2, 0) is 18.3 Å². The highest BCUT2D eigenvalue weighted by atomic mass is 16.4. The minimum atomic E-state index is -0.793. The number of carbonyl (C=O) groups is 1. The molecule has 1 heterocycles. The average molecular weight is 258 g/mol. The van der Waals surface area contributed by atoms with Gasteiger partial charge in [0.2, 0.25) is 0 Å². The summed E-state index contributed by atoms with van der Waals surface area (Å²) in [6.45, 7) is 4.05. The third-order valence-corrected chi connectivity index (χ3v) is 3.32. The first-order chi connectivity index (χ1) is 8.99. The summed E-state index contributed by atoms with van der Waals surface area (Å²) in [6, 6.07) is 8.23. The Labute approximate surface area is 112 Å². The predicted molar refractivity (Wildman–Crippen MR) is 74.1 cm³/mol. The van der Waals surface area contributed by atoms with E-state index < -0.39 is 5.97 Å². The molecule has 0 aliphatic carbocycles. The topological polar surface area (TPSA) is 55.1 Å². The largest absolute Gasteiger partial charge is 0.481 e. The molecule has 4 heteroatoms. The van der Waals surface area contributed by atoms with E-state index in [1.807, 2.05) is 25.6 Å². The predicted octanol–water partition coefficient (Wildman–Crippen LogP) is 2.72. The number of hydrogen-bond acceptors (Lipinski definition) is 2. The van der Waals surface area contributed by atoms with Gasteiger partial charge in [-0.3, -0.25) is 9.48 Å². The summed E-state index contributed by atoms with van der Waals surface area (Å²) in [5.74, 6) is -0.793. The quantitative estimate of drug-likeness (QED) is 0.917. The van der Waals surface area contributed by atoms with Crippen molar-refractivity contribution in [2.24, 2.45) is 7.05 Å². The molecule has 1 aromatic heterocycles. The van der Waals surface area contributed by atoms with E-state index in [9.17, 15) is 4.79 Å². The fraction of sp³-hybridized carbons (Fsp3) is 0.333. The zero-order valence-electron chi connectivity index (χ0n) is 11.5. The molecule has 2 aromatic rings. The zero-order chi connectivity index (χ0) is 14.0. The molecule has 1 aromatic carbocycles. The second-order valence-electron chi connectivity index (χ2n) is 4.79. The van der Waals surface area contributed by atoms with Crippen LogP contribution in [0.2, 0.25) is 0 Å². The highest BCUT2D eigenvalue weighted by Crippen LogP contribution is 2.28. The van der Waals surface area contributed by atoms with Crippen molar-refractivity contribution in [2.45, 2.75) is 26.7 Å². The number of aryl methyl sites for hydroxylation is 3. The van der Waals surface area contributed by atoms with Gasteiger partial charge >= 0.3 is 5.97 Å².